The average Bonchev–Trinajstić information content (AvgIpc) is 3.01. The second-order valence-electron chi connectivity index (χ2n) is 6.25. The summed E-state index contributed by atoms with van der Waals surface area (Å²) in [5, 5.41) is 16.5. The van der Waals surface area contributed by atoms with Gasteiger partial charge in [0.25, 0.3) is 5.56 Å². The van der Waals surface area contributed by atoms with Crippen molar-refractivity contribution < 1.29 is 9.84 Å². The molecule has 0 spiro atoms. The van der Waals surface area contributed by atoms with Crippen molar-refractivity contribution >= 4 is 5.71 Å². The Morgan fingerprint density at radius 3 is 2.42 bits per heavy atom. The Kier molecular flexibility index (Phi) is 4.58. The van der Waals surface area contributed by atoms with Gasteiger partial charge >= 0.3 is 5.69 Å². The highest BCUT2D eigenvalue weighted by molar-refractivity contribution is 6.03. The van der Waals surface area contributed by atoms with Crippen LogP contribution in [0.25, 0.3) is 0 Å². The lowest BCUT2D eigenvalue weighted by molar-refractivity contribution is 0.289. The maximum Gasteiger partial charge on any atom is 0.333 e. The first-order valence-electron chi connectivity index (χ1n) is 8.37. The summed E-state index contributed by atoms with van der Waals surface area (Å²) >= 11 is 0. The number of hydrogen-bond acceptors (Lipinski definition) is 6. The van der Waals surface area contributed by atoms with Gasteiger partial charge in [0, 0.05) is 27.6 Å². The molecule has 0 bridgehead atoms. The van der Waals surface area contributed by atoms with Gasteiger partial charge in [-0.25, -0.2) is 4.79 Å². The van der Waals surface area contributed by atoms with Crippen LogP contribution in [0, 0.1) is 0 Å². The van der Waals surface area contributed by atoms with Gasteiger partial charge in [-0.2, -0.15) is 5.10 Å². The second-order valence-corrected chi connectivity index (χ2v) is 6.25. The predicted octanol–water partition coefficient (Wildman–Crippen LogP) is 0.969. The van der Waals surface area contributed by atoms with Gasteiger partial charge in [-0.15, -0.1) is 0 Å². The van der Waals surface area contributed by atoms with Crippen molar-refractivity contribution in [3.63, 3.8) is 0 Å². The normalized spacial score (nSPS) is 16.7. The van der Waals surface area contributed by atoms with Crippen molar-refractivity contribution in [3.05, 3.63) is 56.2 Å². The van der Waals surface area contributed by atoms with Crippen LogP contribution in [0.2, 0.25) is 0 Å². The lowest BCUT2D eigenvalue weighted by Crippen LogP contribution is -2.39. The molecule has 138 valence electrons. The fourth-order valence-corrected chi connectivity index (χ4v) is 3.14. The number of nitrogens with zero attached hydrogens (tertiary/aromatic N) is 4. The lowest BCUT2D eigenvalue weighted by Gasteiger charge is -2.19. The first-order valence-corrected chi connectivity index (χ1v) is 8.37. The maximum absolute atomic E-state index is 12.5. The smallest absolute Gasteiger partial charge is 0.333 e. The molecule has 8 nitrogen and oxygen atoms in total. The largest absolute Gasteiger partial charge is 0.494 e. The molecule has 0 saturated heterocycles. The van der Waals surface area contributed by atoms with Crippen molar-refractivity contribution in [1.29, 1.82) is 0 Å². The summed E-state index contributed by atoms with van der Waals surface area (Å²) in [6, 6.07) is 7.65. The van der Waals surface area contributed by atoms with Gasteiger partial charge in [0.15, 0.2) is 0 Å². The molecule has 1 N–H and O–H groups in total. The Morgan fingerprint density at radius 2 is 1.81 bits per heavy atom. The zero-order valence-electron chi connectivity index (χ0n) is 15.3. The molecule has 3 rings (SSSR count). The summed E-state index contributed by atoms with van der Waals surface area (Å²) in [6.45, 7) is 2.53. The molecule has 1 aliphatic heterocycles. The van der Waals surface area contributed by atoms with Crippen LogP contribution in [-0.4, -0.2) is 38.6 Å². The Bertz CT molecular complexity index is 972. The third-order valence-corrected chi connectivity index (χ3v) is 4.61. The summed E-state index contributed by atoms with van der Waals surface area (Å²) in [4.78, 5) is 24.4. The maximum atomic E-state index is 12.5. The molecule has 2 aromatic rings. The third-order valence-electron chi connectivity index (χ3n) is 4.61. The molecule has 1 aromatic carbocycles. The second kappa shape index (κ2) is 6.70. The molecular weight excluding hydrogens is 336 g/mol. The van der Waals surface area contributed by atoms with Gasteiger partial charge in [-0.05, 0) is 24.6 Å². The van der Waals surface area contributed by atoms with Gasteiger partial charge in [0.2, 0.25) is 5.88 Å². The van der Waals surface area contributed by atoms with Crippen molar-refractivity contribution in [2.75, 3.05) is 13.7 Å². The fourth-order valence-electron chi connectivity index (χ4n) is 3.14. The van der Waals surface area contributed by atoms with Crippen LogP contribution in [0.15, 0.2) is 39.0 Å². The van der Waals surface area contributed by atoms with Gasteiger partial charge in [0.1, 0.15) is 11.3 Å². The Morgan fingerprint density at radius 1 is 1.15 bits per heavy atom. The minimum absolute atomic E-state index is 0.0647. The minimum Gasteiger partial charge on any atom is -0.494 e. The van der Waals surface area contributed by atoms with Crippen LogP contribution in [0.1, 0.15) is 30.5 Å². The van der Waals surface area contributed by atoms with E-state index >= 15 is 0 Å². The molecule has 0 fully saturated rings. The first-order chi connectivity index (χ1) is 12.3. The monoisotopic (exact) mass is 358 g/mol. The van der Waals surface area contributed by atoms with Crippen molar-refractivity contribution in [2.45, 2.75) is 19.4 Å². The minimum atomic E-state index is -0.578. The SMILES string of the molecule is CCOc1ccc([C@@H]2CC(c3c(O)n(C)c(=O)n(C)c3=O)=NN2C)cc1. The van der Waals surface area contributed by atoms with Crippen LogP contribution in [-0.2, 0) is 14.1 Å². The van der Waals surface area contributed by atoms with Crippen LogP contribution in [0.3, 0.4) is 0 Å². The van der Waals surface area contributed by atoms with E-state index in [9.17, 15) is 14.7 Å². The lowest BCUT2D eigenvalue weighted by atomic mass is 9.99. The molecule has 1 aliphatic rings. The fraction of sp³-hybridized carbons (Fsp3) is 0.389. The molecule has 2 heterocycles. The summed E-state index contributed by atoms with van der Waals surface area (Å²) in [5.74, 6) is 0.431. The van der Waals surface area contributed by atoms with E-state index in [1.807, 2.05) is 38.2 Å². The predicted molar refractivity (Wildman–Crippen MR) is 97.9 cm³/mol. The van der Waals surface area contributed by atoms with Gasteiger partial charge in [-0.3, -0.25) is 18.9 Å². The number of hydrazone groups is 1. The van der Waals surface area contributed by atoms with Crippen molar-refractivity contribution in [2.24, 2.45) is 19.2 Å². The van der Waals surface area contributed by atoms with E-state index < -0.39 is 11.2 Å². The number of rotatable bonds is 4. The van der Waals surface area contributed by atoms with Crippen molar-refractivity contribution in [1.82, 2.24) is 14.1 Å². The molecule has 8 heteroatoms. The molecule has 26 heavy (non-hydrogen) atoms. The zero-order chi connectivity index (χ0) is 19.0. The number of hydrogen-bond donors (Lipinski definition) is 1. The Balaban J connectivity index is 1.95. The molecule has 0 unspecified atom stereocenters. The van der Waals surface area contributed by atoms with Crippen LogP contribution < -0.4 is 16.0 Å². The first kappa shape index (κ1) is 17.8. The van der Waals surface area contributed by atoms with E-state index in [4.69, 9.17) is 4.74 Å². The highest BCUT2D eigenvalue weighted by atomic mass is 16.5. The number of ether oxygens (including phenoxy) is 1. The molecule has 1 aromatic heterocycles. The number of aromatic hydroxyl groups is 1. The Hall–Kier alpha value is -3.03. The third kappa shape index (κ3) is 2.87. The van der Waals surface area contributed by atoms with Gasteiger partial charge < -0.3 is 9.84 Å². The Labute approximate surface area is 150 Å². The topological polar surface area (TPSA) is 89.1 Å². The summed E-state index contributed by atoms with van der Waals surface area (Å²) in [7, 11) is 4.62. The quantitative estimate of drug-likeness (QED) is 0.880. The average molecular weight is 358 g/mol. The molecule has 0 amide bonds. The summed E-state index contributed by atoms with van der Waals surface area (Å²) < 4.78 is 7.48. The molecule has 1 atom stereocenters. The molecule has 0 aliphatic carbocycles. The highest BCUT2D eigenvalue weighted by Crippen LogP contribution is 2.32. The molecule has 0 saturated carbocycles. The number of aromatic nitrogens is 2. The highest BCUT2D eigenvalue weighted by Gasteiger charge is 2.30. The van der Waals surface area contributed by atoms with Crippen molar-refractivity contribution in [3.8, 4) is 11.6 Å². The summed E-state index contributed by atoms with van der Waals surface area (Å²) in [5.41, 5.74) is 0.419. The van der Waals surface area contributed by atoms with Crippen LogP contribution in [0.4, 0.5) is 0 Å². The molecule has 0 radical (unpaired) electrons. The molecular formula is C18H22N4O4. The van der Waals surface area contributed by atoms with E-state index in [-0.39, 0.29) is 17.5 Å². The summed E-state index contributed by atoms with van der Waals surface area (Å²) in [6.07, 6.45) is 0.450. The standard InChI is InChI=1S/C18H22N4O4/c1-5-26-12-8-6-11(7-9-12)14-10-13(19-22(14)4)15-16(23)20(2)18(25)21(3)17(15)24/h6-9,14,23H,5,10H2,1-4H3/t14-/m0/s1. The number of benzene rings is 1. The van der Waals surface area contributed by atoms with E-state index in [1.165, 1.54) is 14.1 Å². The van der Waals surface area contributed by atoms with Crippen LogP contribution >= 0.6 is 0 Å². The van der Waals surface area contributed by atoms with Crippen LogP contribution in [0.5, 0.6) is 11.6 Å². The zero-order valence-corrected chi connectivity index (χ0v) is 15.3. The van der Waals surface area contributed by atoms with Gasteiger partial charge in [-0.1, -0.05) is 12.1 Å². The van der Waals surface area contributed by atoms with E-state index in [1.54, 1.807) is 5.01 Å². The van der Waals surface area contributed by atoms with E-state index in [0.29, 0.717) is 18.7 Å². The van der Waals surface area contributed by atoms with E-state index in [0.717, 1.165) is 20.4 Å². The van der Waals surface area contributed by atoms with Gasteiger partial charge in [0.05, 0.1) is 18.4 Å². The van der Waals surface area contributed by atoms with E-state index in [2.05, 4.69) is 5.10 Å².